The number of hydrogen-bond donors (Lipinski definition) is 0. The summed E-state index contributed by atoms with van der Waals surface area (Å²) in [5.41, 5.74) is 0.695. The molecule has 1 heterocycles. The summed E-state index contributed by atoms with van der Waals surface area (Å²) in [4.78, 5) is 28.1. The van der Waals surface area contributed by atoms with Crippen molar-refractivity contribution in [3.8, 4) is 5.75 Å². The Bertz CT molecular complexity index is 1060. The number of benzene rings is 2. The van der Waals surface area contributed by atoms with Gasteiger partial charge in [0.1, 0.15) is 17.9 Å². The number of carbonyl (C=O) groups is 2. The first-order valence-corrected chi connectivity index (χ1v) is 11.4. The molecule has 0 saturated carbocycles. The van der Waals surface area contributed by atoms with E-state index in [2.05, 4.69) is 0 Å². The standard InChI is InChI=1S/C26H32ClN2O4/c1-18-7-13-22(14-8-18)32-26(6,20-9-11-21(27)12-10-20)23(30)28-15-16-29(19(2)17-28)24(31)33-25(3,4)5/h7-14H,15-17H2,1-6H3/q+1. The number of carbonyl (C=O) groups excluding carboxylic acids is 2. The largest absolute Gasteiger partial charge is 0.596 e. The van der Waals surface area contributed by atoms with Crippen molar-refractivity contribution >= 4 is 29.3 Å². The lowest BCUT2D eigenvalue weighted by Gasteiger charge is -2.36. The van der Waals surface area contributed by atoms with Crippen LogP contribution in [0.15, 0.2) is 48.5 Å². The van der Waals surface area contributed by atoms with E-state index in [9.17, 15) is 9.59 Å². The third kappa shape index (κ3) is 5.93. The maximum Gasteiger partial charge on any atom is 0.596 e. The summed E-state index contributed by atoms with van der Waals surface area (Å²) in [6, 6.07) is 14.7. The predicted octanol–water partition coefficient (Wildman–Crippen LogP) is 5.19. The smallest absolute Gasteiger partial charge is 0.473 e. The number of hydrogen-bond acceptors (Lipinski definition) is 4. The van der Waals surface area contributed by atoms with Crippen LogP contribution in [-0.2, 0) is 15.1 Å². The normalized spacial score (nSPS) is 16.3. The van der Waals surface area contributed by atoms with E-state index >= 15 is 0 Å². The first-order valence-electron chi connectivity index (χ1n) is 11.0. The second-order valence-corrected chi connectivity index (χ2v) is 9.99. The van der Waals surface area contributed by atoms with E-state index in [-0.39, 0.29) is 5.91 Å². The number of rotatable bonds is 4. The minimum atomic E-state index is -1.27. The highest BCUT2D eigenvalue weighted by molar-refractivity contribution is 6.30. The summed E-state index contributed by atoms with van der Waals surface area (Å²) in [6.07, 6.45) is -0.400. The summed E-state index contributed by atoms with van der Waals surface area (Å²) in [5.74, 6) is 0.410. The Labute approximate surface area is 200 Å². The van der Waals surface area contributed by atoms with Crippen molar-refractivity contribution in [2.75, 3.05) is 19.6 Å². The minimum absolute atomic E-state index is 0.186. The quantitative estimate of drug-likeness (QED) is 0.575. The van der Waals surface area contributed by atoms with Crippen molar-refractivity contribution in [3.63, 3.8) is 0 Å². The van der Waals surface area contributed by atoms with Gasteiger partial charge in [0.15, 0.2) is 12.3 Å². The van der Waals surface area contributed by atoms with Crippen LogP contribution in [-0.4, -0.2) is 52.4 Å². The Morgan fingerprint density at radius 2 is 1.58 bits per heavy atom. The van der Waals surface area contributed by atoms with Crippen molar-refractivity contribution in [3.05, 3.63) is 64.7 Å². The van der Waals surface area contributed by atoms with E-state index in [0.29, 0.717) is 36.0 Å². The highest BCUT2D eigenvalue weighted by Gasteiger charge is 2.44. The molecule has 1 aliphatic rings. The predicted molar refractivity (Wildman–Crippen MR) is 129 cm³/mol. The second-order valence-electron chi connectivity index (χ2n) is 9.55. The number of halogens is 1. The van der Waals surface area contributed by atoms with Crippen LogP contribution in [0.2, 0.25) is 5.02 Å². The van der Waals surface area contributed by atoms with Crippen LogP contribution in [0, 0.1) is 6.92 Å². The Kier molecular flexibility index (Phi) is 7.17. The van der Waals surface area contributed by atoms with E-state index in [4.69, 9.17) is 21.1 Å². The van der Waals surface area contributed by atoms with Gasteiger partial charge >= 0.3 is 6.09 Å². The van der Waals surface area contributed by atoms with E-state index in [1.807, 2.05) is 71.0 Å². The molecule has 0 aliphatic carbocycles. The molecule has 3 rings (SSSR count). The van der Waals surface area contributed by atoms with Crippen LogP contribution in [0.5, 0.6) is 5.75 Å². The molecule has 0 aromatic heterocycles. The van der Waals surface area contributed by atoms with E-state index < -0.39 is 17.3 Å². The second kappa shape index (κ2) is 9.56. The van der Waals surface area contributed by atoms with E-state index in [1.165, 1.54) is 0 Å². The molecule has 0 radical (unpaired) electrons. The summed E-state index contributed by atoms with van der Waals surface area (Å²) in [6.45, 7) is 12.1. The fourth-order valence-corrected chi connectivity index (χ4v) is 3.85. The van der Waals surface area contributed by atoms with Gasteiger partial charge in [-0.25, -0.2) is 0 Å². The fraction of sp³-hybridized carbons (Fsp3) is 0.423. The van der Waals surface area contributed by atoms with Crippen molar-refractivity contribution in [1.29, 1.82) is 0 Å². The molecule has 2 aromatic carbocycles. The van der Waals surface area contributed by atoms with Gasteiger partial charge in [0.05, 0.1) is 6.54 Å². The molecule has 0 spiro atoms. The average Bonchev–Trinajstić information content (AvgIpc) is 2.73. The Morgan fingerprint density at radius 1 is 0.970 bits per heavy atom. The Hall–Kier alpha value is -2.86. The third-order valence-electron chi connectivity index (χ3n) is 5.52. The summed E-state index contributed by atoms with van der Waals surface area (Å²) in [7, 11) is 0. The van der Waals surface area contributed by atoms with Gasteiger partial charge in [-0.3, -0.25) is 4.79 Å². The van der Waals surface area contributed by atoms with Gasteiger partial charge in [-0.05, 0) is 58.9 Å². The monoisotopic (exact) mass is 471 g/mol. The molecule has 0 bridgehead atoms. The molecule has 6 nitrogen and oxygen atoms in total. The van der Waals surface area contributed by atoms with Gasteiger partial charge in [0.25, 0.3) is 5.91 Å². The molecule has 0 fully saturated rings. The lowest BCUT2D eigenvalue weighted by molar-refractivity contribution is -0.457. The van der Waals surface area contributed by atoms with Crippen LogP contribution < -0.4 is 4.74 Å². The first kappa shape index (κ1) is 24.8. The summed E-state index contributed by atoms with van der Waals surface area (Å²) < 4.78 is 13.4. The van der Waals surface area contributed by atoms with E-state index in [1.54, 1.807) is 28.5 Å². The zero-order valence-corrected chi connectivity index (χ0v) is 20.9. The molecule has 7 heteroatoms. The maximum atomic E-state index is 13.8. The molecule has 1 aliphatic heterocycles. The van der Waals surface area contributed by atoms with Gasteiger partial charge in [0, 0.05) is 17.5 Å². The summed E-state index contributed by atoms with van der Waals surface area (Å²) in [5, 5.41) is 0.582. The molecule has 33 heavy (non-hydrogen) atoms. The molecule has 0 N–H and O–H groups in total. The highest BCUT2D eigenvalue weighted by atomic mass is 35.5. The summed E-state index contributed by atoms with van der Waals surface area (Å²) >= 11 is 6.09. The minimum Gasteiger partial charge on any atom is -0.473 e. The van der Waals surface area contributed by atoms with E-state index in [0.717, 1.165) is 11.3 Å². The van der Waals surface area contributed by atoms with Crippen molar-refractivity contribution in [1.82, 2.24) is 4.90 Å². The number of ether oxygens (including phenoxy) is 2. The molecule has 1 unspecified atom stereocenters. The van der Waals surface area contributed by atoms with Gasteiger partial charge in [-0.15, -0.1) is 4.58 Å². The molecule has 1 atom stereocenters. The number of aryl methyl sites for hydroxylation is 1. The van der Waals surface area contributed by atoms with Crippen LogP contribution in [0.1, 0.15) is 45.7 Å². The Morgan fingerprint density at radius 3 is 2.12 bits per heavy atom. The lowest BCUT2D eigenvalue weighted by Crippen LogP contribution is -2.55. The molecule has 2 aromatic rings. The molecule has 2 amide bonds. The van der Waals surface area contributed by atoms with Crippen molar-refractivity contribution in [2.45, 2.75) is 52.7 Å². The van der Waals surface area contributed by atoms with Crippen molar-refractivity contribution in [2.24, 2.45) is 0 Å². The van der Waals surface area contributed by atoms with Crippen LogP contribution in [0.3, 0.4) is 0 Å². The highest BCUT2D eigenvalue weighted by Crippen LogP contribution is 2.32. The number of nitrogens with zero attached hydrogens (tertiary/aromatic N) is 2. The van der Waals surface area contributed by atoms with Crippen LogP contribution in [0.25, 0.3) is 0 Å². The molecule has 0 saturated heterocycles. The van der Waals surface area contributed by atoms with Gasteiger partial charge in [-0.2, -0.15) is 4.79 Å². The number of amides is 2. The topological polar surface area (TPSA) is 58.8 Å². The van der Waals surface area contributed by atoms with Gasteiger partial charge in [-0.1, -0.05) is 41.4 Å². The molecule has 176 valence electrons. The SMILES string of the molecule is CC1=[N+](C(=O)OC(C)(C)C)CCN(C(=O)C(C)(Oc2ccc(C)cc2)c2ccc(Cl)cc2)C1. The molecular weight excluding hydrogens is 440 g/mol. The third-order valence-corrected chi connectivity index (χ3v) is 5.77. The van der Waals surface area contributed by atoms with Crippen LogP contribution >= 0.6 is 11.6 Å². The maximum absolute atomic E-state index is 13.8. The zero-order chi connectivity index (χ0) is 24.4. The average molecular weight is 472 g/mol. The fourth-order valence-electron chi connectivity index (χ4n) is 3.73. The van der Waals surface area contributed by atoms with Gasteiger partial charge in [0.2, 0.25) is 5.60 Å². The van der Waals surface area contributed by atoms with Gasteiger partial charge < -0.3 is 14.4 Å². The Balaban J connectivity index is 1.90. The lowest BCUT2D eigenvalue weighted by atomic mass is 9.93. The first-order chi connectivity index (χ1) is 15.4. The van der Waals surface area contributed by atoms with Crippen LogP contribution in [0.4, 0.5) is 4.79 Å². The van der Waals surface area contributed by atoms with Crippen molar-refractivity contribution < 1.29 is 23.6 Å². The zero-order valence-electron chi connectivity index (χ0n) is 20.1. The molecular formula is C26H32ClN2O4+.